The molecule has 0 saturated carbocycles. The highest BCUT2D eigenvalue weighted by Crippen LogP contribution is 2.27. The van der Waals surface area contributed by atoms with Crippen LogP contribution in [0.5, 0.6) is 0 Å². The Morgan fingerprint density at radius 2 is 2.25 bits per heavy atom. The normalized spacial score (nSPS) is 25.1. The van der Waals surface area contributed by atoms with Crippen LogP contribution in [0.3, 0.4) is 0 Å². The molecule has 0 aliphatic carbocycles. The molecule has 0 spiro atoms. The van der Waals surface area contributed by atoms with Gasteiger partial charge in [0.1, 0.15) is 0 Å². The third-order valence-corrected chi connectivity index (χ3v) is 4.44. The summed E-state index contributed by atoms with van der Waals surface area (Å²) < 4.78 is 0. The van der Waals surface area contributed by atoms with Gasteiger partial charge in [0.25, 0.3) is 0 Å². The topological polar surface area (TPSA) is 47.5 Å². The third kappa shape index (κ3) is 3.14. The molecular weight excluding hydrogens is 250 g/mol. The smallest absolute Gasteiger partial charge is 0.0907 e. The average Bonchev–Trinajstić information content (AvgIpc) is 3.06. The molecule has 0 aromatic heterocycles. The Bertz CT molecular complexity index is 443. The summed E-state index contributed by atoms with van der Waals surface area (Å²) in [5, 5.41) is 16.8. The van der Waals surface area contributed by atoms with Crippen molar-refractivity contribution in [2.24, 2.45) is 0 Å². The molecule has 110 valence electrons. The van der Waals surface area contributed by atoms with Gasteiger partial charge in [0.2, 0.25) is 0 Å². The lowest BCUT2D eigenvalue weighted by Gasteiger charge is -2.23. The molecule has 0 radical (unpaired) electrons. The lowest BCUT2D eigenvalue weighted by molar-refractivity contribution is 0.0613. The third-order valence-electron chi connectivity index (χ3n) is 4.44. The van der Waals surface area contributed by atoms with E-state index in [0.29, 0.717) is 6.54 Å². The van der Waals surface area contributed by atoms with Gasteiger partial charge < -0.3 is 20.6 Å². The highest BCUT2D eigenvalue weighted by atomic mass is 16.3. The number of fused-ring (bicyclic) bond motifs is 1. The number of nitrogens with zero attached hydrogens (tertiary/aromatic N) is 1. The van der Waals surface area contributed by atoms with Gasteiger partial charge in [-0.2, -0.15) is 0 Å². The summed E-state index contributed by atoms with van der Waals surface area (Å²) in [6.07, 6.45) is 3.16. The molecule has 20 heavy (non-hydrogen) atoms. The lowest BCUT2D eigenvalue weighted by Crippen LogP contribution is -2.43. The van der Waals surface area contributed by atoms with E-state index in [1.165, 1.54) is 17.7 Å². The maximum Gasteiger partial charge on any atom is 0.0907 e. The standard InChI is InChI=1S/C16H25N3O/c20-16(7-9-18-13-16)12-17-8-3-10-19-11-6-14-4-1-2-5-15(14)19/h1-2,4-5,17-18,20H,3,6-13H2/t16-/m0/s1. The van der Waals surface area contributed by atoms with Crippen LogP contribution in [-0.4, -0.2) is 50.0 Å². The van der Waals surface area contributed by atoms with E-state index in [-0.39, 0.29) is 0 Å². The monoisotopic (exact) mass is 275 g/mol. The summed E-state index contributed by atoms with van der Waals surface area (Å²) in [4.78, 5) is 2.48. The van der Waals surface area contributed by atoms with Crippen LogP contribution in [0.15, 0.2) is 24.3 Å². The molecule has 1 saturated heterocycles. The highest BCUT2D eigenvalue weighted by Gasteiger charge is 2.30. The van der Waals surface area contributed by atoms with E-state index in [4.69, 9.17) is 0 Å². The number of hydrogen-bond donors (Lipinski definition) is 3. The van der Waals surface area contributed by atoms with Crippen molar-refractivity contribution in [1.82, 2.24) is 10.6 Å². The van der Waals surface area contributed by atoms with Gasteiger partial charge in [0.15, 0.2) is 0 Å². The Morgan fingerprint density at radius 3 is 3.10 bits per heavy atom. The molecule has 2 aliphatic heterocycles. The van der Waals surface area contributed by atoms with E-state index >= 15 is 0 Å². The van der Waals surface area contributed by atoms with Gasteiger partial charge in [-0.05, 0) is 44.0 Å². The van der Waals surface area contributed by atoms with Crippen molar-refractivity contribution in [1.29, 1.82) is 0 Å². The first-order valence-electron chi connectivity index (χ1n) is 7.74. The predicted octanol–water partition coefficient (Wildman–Crippen LogP) is 0.753. The molecular formula is C16H25N3O. The fraction of sp³-hybridized carbons (Fsp3) is 0.625. The van der Waals surface area contributed by atoms with Gasteiger partial charge in [0.05, 0.1) is 5.60 Å². The summed E-state index contributed by atoms with van der Waals surface area (Å²) in [5.41, 5.74) is 2.36. The highest BCUT2D eigenvalue weighted by molar-refractivity contribution is 5.57. The first-order chi connectivity index (χ1) is 9.77. The summed E-state index contributed by atoms with van der Waals surface area (Å²) in [7, 11) is 0. The molecule has 1 fully saturated rings. The minimum Gasteiger partial charge on any atom is -0.387 e. The zero-order chi connectivity index (χ0) is 13.8. The van der Waals surface area contributed by atoms with Gasteiger partial charge in [-0.1, -0.05) is 18.2 Å². The number of β-amino-alcohol motifs (C(OH)–C–C–N with tert-alkyl or cyclic N) is 1. The quantitative estimate of drug-likeness (QED) is 0.671. The fourth-order valence-corrected chi connectivity index (χ4v) is 3.24. The zero-order valence-electron chi connectivity index (χ0n) is 12.1. The van der Waals surface area contributed by atoms with Crippen LogP contribution in [0.4, 0.5) is 5.69 Å². The van der Waals surface area contributed by atoms with E-state index in [0.717, 1.165) is 45.6 Å². The second-order valence-electron chi connectivity index (χ2n) is 6.05. The van der Waals surface area contributed by atoms with Crippen LogP contribution in [-0.2, 0) is 6.42 Å². The molecule has 1 aromatic carbocycles. The molecule has 4 heteroatoms. The molecule has 2 aliphatic rings. The zero-order valence-corrected chi connectivity index (χ0v) is 12.1. The second-order valence-corrected chi connectivity index (χ2v) is 6.05. The lowest BCUT2D eigenvalue weighted by atomic mass is 10.0. The Kier molecular flexibility index (Phi) is 4.24. The van der Waals surface area contributed by atoms with Crippen molar-refractivity contribution in [3.63, 3.8) is 0 Å². The predicted molar refractivity (Wildman–Crippen MR) is 82.3 cm³/mol. The Labute approximate surface area is 121 Å². The molecule has 3 N–H and O–H groups in total. The van der Waals surface area contributed by atoms with Crippen molar-refractivity contribution in [3.8, 4) is 0 Å². The average molecular weight is 275 g/mol. The Balaban J connectivity index is 1.37. The molecule has 1 atom stereocenters. The maximum absolute atomic E-state index is 10.2. The van der Waals surface area contributed by atoms with Crippen molar-refractivity contribution < 1.29 is 5.11 Å². The molecule has 4 nitrogen and oxygen atoms in total. The van der Waals surface area contributed by atoms with E-state index in [1.54, 1.807) is 0 Å². The number of anilines is 1. The number of benzene rings is 1. The van der Waals surface area contributed by atoms with E-state index in [9.17, 15) is 5.11 Å². The van der Waals surface area contributed by atoms with Gasteiger partial charge >= 0.3 is 0 Å². The fourth-order valence-electron chi connectivity index (χ4n) is 3.24. The van der Waals surface area contributed by atoms with Gasteiger partial charge in [-0.3, -0.25) is 0 Å². The van der Waals surface area contributed by atoms with Crippen LogP contribution in [0.1, 0.15) is 18.4 Å². The van der Waals surface area contributed by atoms with Crippen LogP contribution in [0.25, 0.3) is 0 Å². The molecule has 0 amide bonds. The molecule has 2 heterocycles. The van der Waals surface area contributed by atoms with Crippen LogP contribution in [0, 0.1) is 0 Å². The summed E-state index contributed by atoms with van der Waals surface area (Å²) in [5.74, 6) is 0. The SMILES string of the molecule is O[C@]1(CNCCCN2CCc3ccccc32)CCNC1. The number of para-hydroxylation sites is 1. The van der Waals surface area contributed by atoms with Crippen LogP contribution < -0.4 is 15.5 Å². The van der Waals surface area contributed by atoms with Gasteiger partial charge in [-0.15, -0.1) is 0 Å². The molecule has 0 unspecified atom stereocenters. The Hall–Kier alpha value is -1.10. The van der Waals surface area contributed by atoms with Gasteiger partial charge in [0, 0.05) is 31.9 Å². The molecule has 0 bridgehead atoms. The molecule has 3 rings (SSSR count). The van der Waals surface area contributed by atoms with Crippen molar-refractivity contribution in [2.75, 3.05) is 44.2 Å². The summed E-state index contributed by atoms with van der Waals surface area (Å²) >= 11 is 0. The number of aliphatic hydroxyl groups is 1. The van der Waals surface area contributed by atoms with Gasteiger partial charge in [-0.25, -0.2) is 0 Å². The van der Waals surface area contributed by atoms with E-state index in [1.807, 2.05) is 0 Å². The van der Waals surface area contributed by atoms with Crippen LogP contribution in [0.2, 0.25) is 0 Å². The first-order valence-corrected chi connectivity index (χ1v) is 7.74. The second kappa shape index (κ2) is 6.12. The van der Waals surface area contributed by atoms with Crippen molar-refractivity contribution in [2.45, 2.75) is 24.9 Å². The number of nitrogens with one attached hydrogen (secondary N) is 2. The largest absolute Gasteiger partial charge is 0.387 e. The van der Waals surface area contributed by atoms with Crippen molar-refractivity contribution in [3.05, 3.63) is 29.8 Å². The summed E-state index contributed by atoms with van der Waals surface area (Å²) in [6.45, 7) is 5.58. The minimum absolute atomic E-state index is 0.528. The van der Waals surface area contributed by atoms with Crippen molar-refractivity contribution >= 4 is 5.69 Å². The number of hydrogen-bond acceptors (Lipinski definition) is 4. The first kappa shape index (κ1) is 13.9. The van der Waals surface area contributed by atoms with Crippen LogP contribution >= 0.6 is 0 Å². The molecule has 1 aromatic rings. The minimum atomic E-state index is -0.528. The maximum atomic E-state index is 10.2. The Morgan fingerprint density at radius 1 is 1.35 bits per heavy atom. The number of rotatable bonds is 6. The van der Waals surface area contributed by atoms with E-state index < -0.39 is 5.60 Å². The summed E-state index contributed by atoms with van der Waals surface area (Å²) in [6, 6.07) is 8.71. The van der Waals surface area contributed by atoms with E-state index in [2.05, 4.69) is 39.8 Å².